The van der Waals surface area contributed by atoms with Crippen molar-refractivity contribution < 1.29 is 22.0 Å². The Morgan fingerprint density at radius 3 is 2.63 bits per heavy atom. The predicted molar refractivity (Wildman–Crippen MR) is 111 cm³/mol. The number of hydrogen-bond donors (Lipinski definition) is 1. The number of hydrogen-bond acceptors (Lipinski definition) is 4. The summed E-state index contributed by atoms with van der Waals surface area (Å²) in [6.45, 7) is 1.19. The molecule has 0 aliphatic rings. The summed E-state index contributed by atoms with van der Waals surface area (Å²) in [4.78, 5) is 16.9. The number of anilines is 1. The Bertz CT molecular complexity index is 1210. The van der Waals surface area contributed by atoms with Crippen LogP contribution in [0.25, 0.3) is 11.4 Å². The van der Waals surface area contributed by atoms with Gasteiger partial charge < -0.3 is 9.88 Å². The fourth-order valence-electron chi connectivity index (χ4n) is 2.94. The highest BCUT2D eigenvalue weighted by Crippen LogP contribution is 2.26. The molecule has 0 aliphatic carbocycles. The third kappa shape index (κ3) is 5.03. The van der Waals surface area contributed by atoms with Crippen molar-refractivity contribution in [2.75, 3.05) is 11.6 Å². The van der Waals surface area contributed by atoms with Gasteiger partial charge in [0.1, 0.15) is 0 Å². The number of benzene rings is 1. The van der Waals surface area contributed by atoms with E-state index in [1.165, 1.54) is 35.0 Å². The van der Waals surface area contributed by atoms with Gasteiger partial charge in [-0.1, -0.05) is 17.7 Å². The summed E-state index contributed by atoms with van der Waals surface area (Å²) in [6.07, 6.45) is 1.25. The summed E-state index contributed by atoms with van der Waals surface area (Å²) in [5.41, 5.74) is 1.92. The van der Waals surface area contributed by atoms with E-state index < -0.39 is 28.7 Å². The normalized spacial score (nSPS) is 11.7. The lowest BCUT2D eigenvalue weighted by atomic mass is 10.1. The minimum absolute atomic E-state index is 0.0506. The van der Waals surface area contributed by atoms with Gasteiger partial charge in [0.25, 0.3) is 12.3 Å². The summed E-state index contributed by atoms with van der Waals surface area (Å²) in [7, 11) is -3.54. The van der Waals surface area contributed by atoms with Gasteiger partial charge in [-0.25, -0.2) is 17.2 Å². The molecule has 2 heterocycles. The van der Waals surface area contributed by atoms with Crippen LogP contribution < -0.4 is 5.32 Å². The van der Waals surface area contributed by atoms with Gasteiger partial charge in [-0.3, -0.25) is 9.78 Å². The Hall–Kier alpha value is -2.78. The smallest absolute Gasteiger partial charge is 0.257 e. The van der Waals surface area contributed by atoms with Crippen LogP contribution in [0.5, 0.6) is 0 Å². The monoisotopic (exact) mass is 453 g/mol. The molecule has 2 aromatic heterocycles. The average molecular weight is 454 g/mol. The molecule has 1 N–H and O–H groups in total. The number of aryl methyl sites for hydroxylation is 1. The highest BCUT2D eigenvalue weighted by atomic mass is 35.5. The molecule has 3 rings (SSSR count). The van der Waals surface area contributed by atoms with Crippen molar-refractivity contribution in [1.82, 2.24) is 9.55 Å². The molecule has 10 heteroatoms. The van der Waals surface area contributed by atoms with Crippen LogP contribution in [-0.4, -0.2) is 36.6 Å². The van der Waals surface area contributed by atoms with Gasteiger partial charge in [0.05, 0.1) is 28.4 Å². The molecule has 0 aliphatic heterocycles. The molecule has 6 nitrogen and oxygen atoms in total. The van der Waals surface area contributed by atoms with Crippen LogP contribution in [0.1, 0.15) is 15.9 Å². The Morgan fingerprint density at radius 1 is 1.27 bits per heavy atom. The molecular weight excluding hydrogens is 436 g/mol. The van der Waals surface area contributed by atoms with Crippen LogP contribution in [0.15, 0.2) is 53.7 Å². The second-order valence-electron chi connectivity index (χ2n) is 6.73. The minimum Gasteiger partial charge on any atom is -0.340 e. The number of aromatic nitrogens is 2. The van der Waals surface area contributed by atoms with Crippen molar-refractivity contribution in [3.63, 3.8) is 0 Å². The van der Waals surface area contributed by atoms with E-state index in [1.54, 1.807) is 25.3 Å². The zero-order valence-corrected chi connectivity index (χ0v) is 17.6. The second-order valence-corrected chi connectivity index (χ2v) is 9.18. The number of sulfone groups is 1. The van der Waals surface area contributed by atoms with Crippen molar-refractivity contribution >= 4 is 33.0 Å². The number of pyridine rings is 1. The standard InChI is InChI=1S/C20H18ClF2N3O3S/c1-12-4-3-5-24-19(12)17-6-13(10-26(17)11-18(22)23)20(27)25-15-7-14(21)8-16(9-15)30(2,28)29/h3-10,18H,11H2,1-2H3,(H,25,27). The first-order valence-electron chi connectivity index (χ1n) is 8.77. The summed E-state index contributed by atoms with van der Waals surface area (Å²) in [5.74, 6) is -0.598. The number of halogens is 3. The maximum atomic E-state index is 13.1. The minimum atomic E-state index is -3.54. The molecule has 0 spiro atoms. The fourth-order valence-corrected chi connectivity index (χ4v) is 3.92. The topological polar surface area (TPSA) is 81.1 Å². The summed E-state index contributed by atoms with van der Waals surface area (Å²) in [5, 5.41) is 2.70. The number of rotatable bonds is 6. The molecule has 0 bridgehead atoms. The third-order valence-electron chi connectivity index (χ3n) is 4.30. The Morgan fingerprint density at radius 2 is 2.00 bits per heavy atom. The maximum Gasteiger partial charge on any atom is 0.257 e. The van der Waals surface area contributed by atoms with Gasteiger partial charge in [0, 0.05) is 29.4 Å². The van der Waals surface area contributed by atoms with Crippen LogP contribution in [0.2, 0.25) is 5.02 Å². The van der Waals surface area contributed by atoms with Crippen molar-refractivity contribution in [1.29, 1.82) is 0 Å². The van der Waals surface area contributed by atoms with Gasteiger partial charge in [-0.15, -0.1) is 0 Å². The fraction of sp³-hybridized carbons (Fsp3) is 0.200. The van der Waals surface area contributed by atoms with Crippen molar-refractivity contribution in [3.8, 4) is 11.4 Å². The third-order valence-corrected chi connectivity index (χ3v) is 5.61. The van der Waals surface area contributed by atoms with Gasteiger partial charge in [-0.2, -0.15) is 0 Å². The van der Waals surface area contributed by atoms with Crippen molar-refractivity contribution in [2.24, 2.45) is 0 Å². The van der Waals surface area contributed by atoms with Crippen LogP contribution in [0.3, 0.4) is 0 Å². The number of amides is 1. The highest BCUT2D eigenvalue weighted by Gasteiger charge is 2.19. The molecule has 30 heavy (non-hydrogen) atoms. The average Bonchev–Trinajstić information content (AvgIpc) is 3.04. The first-order valence-corrected chi connectivity index (χ1v) is 11.0. The van der Waals surface area contributed by atoms with Gasteiger partial charge in [0.15, 0.2) is 9.84 Å². The molecule has 1 aromatic carbocycles. The van der Waals surface area contributed by atoms with Crippen molar-refractivity contribution in [3.05, 3.63) is 64.9 Å². The zero-order valence-electron chi connectivity index (χ0n) is 16.1. The van der Waals surface area contributed by atoms with E-state index in [0.29, 0.717) is 11.4 Å². The van der Waals surface area contributed by atoms with Crippen LogP contribution in [0, 0.1) is 6.92 Å². The largest absolute Gasteiger partial charge is 0.340 e. The Labute approximate surface area is 177 Å². The molecular formula is C20H18ClF2N3O3S. The van der Waals surface area contributed by atoms with Crippen molar-refractivity contribution in [2.45, 2.75) is 24.8 Å². The lowest BCUT2D eigenvalue weighted by Gasteiger charge is -2.09. The van der Waals surface area contributed by atoms with Crippen LogP contribution in [0.4, 0.5) is 14.5 Å². The van der Waals surface area contributed by atoms with E-state index in [-0.39, 0.29) is 21.2 Å². The van der Waals surface area contributed by atoms with Gasteiger partial charge >= 0.3 is 0 Å². The molecule has 0 atom stereocenters. The molecule has 0 saturated carbocycles. The quantitative estimate of drug-likeness (QED) is 0.598. The highest BCUT2D eigenvalue weighted by molar-refractivity contribution is 7.90. The van der Waals surface area contributed by atoms with Gasteiger partial charge in [-0.05, 0) is 42.8 Å². The van der Waals surface area contributed by atoms with E-state index in [9.17, 15) is 22.0 Å². The van der Waals surface area contributed by atoms with E-state index in [4.69, 9.17) is 11.6 Å². The molecule has 0 radical (unpaired) electrons. The first-order chi connectivity index (χ1) is 14.0. The molecule has 1 amide bonds. The lowest BCUT2D eigenvalue weighted by molar-refractivity contribution is 0.102. The van der Waals surface area contributed by atoms with E-state index in [1.807, 2.05) is 0 Å². The number of nitrogens with zero attached hydrogens (tertiary/aromatic N) is 2. The Balaban J connectivity index is 1.97. The van der Waals surface area contributed by atoms with Crippen LogP contribution >= 0.6 is 11.6 Å². The summed E-state index contributed by atoms with van der Waals surface area (Å²) < 4.78 is 51.0. The maximum absolute atomic E-state index is 13.1. The molecule has 0 saturated heterocycles. The summed E-state index contributed by atoms with van der Waals surface area (Å²) in [6, 6.07) is 8.93. The zero-order chi connectivity index (χ0) is 22.1. The number of carbonyl (C=O) groups excluding carboxylic acids is 1. The molecule has 0 fully saturated rings. The van der Waals surface area contributed by atoms with E-state index >= 15 is 0 Å². The number of alkyl halides is 2. The predicted octanol–water partition coefficient (Wildman–Crippen LogP) is 4.43. The van der Waals surface area contributed by atoms with E-state index in [0.717, 1.165) is 11.8 Å². The molecule has 0 unspecified atom stereocenters. The van der Waals surface area contributed by atoms with Crippen LogP contribution in [-0.2, 0) is 16.4 Å². The first kappa shape index (κ1) is 21.9. The number of nitrogens with one attached hydrogen (secondary N) is 1. The lowest BCUT2D eigenvalue weighted by Crippen LogP contribution is -2.12. The second kappa shape index (κ2) is 8.53. The number of carbonyl (C=O) groups is 1. The molecule has 158 valence electrons. The SMILES string of the molecule is Cc1cccnc1-c1cc(C(=O)Nc2cc(Cl)cc(S(C)(=O)=O)c2)cn1CC(F)F. The summed E-state index contributed by atoms with van der Waals surface area (Å²) >= 11 is 5.96. The van der Waals surface area contributed by atoms with Gasteiger partial charge in [0.2, 0.25) is 0 Å². The molecule has 3 aromatic rings. The Kier molecular flexibility index (Phi) is 6.23. The van der Waals surface area contributed by atoms with E-state index in [2.05, 4.69) is 10.3 Å².